The Bertz CT molecular complexity index is 2500. The van der Waals surface area contributed by atoms with Gasteiger partial charge in [-0.2, -0.15) is 0 Å². The topological polar surface area (TPSA) is 145 Å². The highest BCUT2D eigenvalue weighted by molar-refractivity contribution is 7.91. The number of nitrogens with zero attached hydrogens (tertiary/aromatic N) is 3. The van der Waals surface area contributed by atoms with Crippen LogP contribution in [0.3, 0.4) is 0 Å². The summed E-state index contributed by atoms with van der Waals surface area (Å²) in [5.41, 5.74) is 2.53. The van der Waals surface area contributed by atoms with Crippen molar-refractivity contribution in [2.24, 2.45) is 17.3 Å². The van der Waals surface area contributed by atoms with Crippen LogP contribution in [-0.2, 0) is 30.8 Å². The number of aromatic nitrogens is 2. The molecular weight excluding hydrogens is 816 g/mol. The lowest BCUT2D eigenvalue weighted by atomic mass is 9.90. The maximum absolute atomic E-state index is 15.0. The third-order valence-electron chi connectivity index (χ3n) is 13.3. The fraction of sp³-hybridized carbons (Fsp3) is 0.511. The minimum absolute atomic E-state index is 0.104. The van der Waals surface area contributed by atoms with Crippen LogP contribution in [0.1, 0.15) is 108 Å². The number of hydrogen-bond acceptors (Lipinski definition) is 10. The molecule has 0 spiro atoms. The Kier molecular flexibility index (Phi) is 11.9. The molecule has 11 nitrogen and oxygen atoms in total. The van der Waals surface area contributed by atoms with Crippen LogP contribution >= 0.6 is 11.3 Å². The van der Waals surface area contributed by atoms with Crippen molar-refractivity contribution in [3.63, 3.8) is 0 Å². The first kappa shape index (κ1) is 43.0. The molecule has 4 heterocycles. The summed E-state index contributed by atoms with van der Waals surface area (Å²) in [7, 11) is -2.34. The number of carbonyl (C=O) groups is 3. The van der Waals surface area contributed by atoms with Gasteiger partial charge < -0.3 is 14.4 Å². The van der Waals surface area contributed by atoms with Crippen LogP contribution < -0.4 is 14.2 Å². The van der Waals surface area contributed by atoms with Crippen molar-refractivity contribution in [1.29, 1.82) is 0 Å². The van der Waals surface area contributed by atoms with E-state index in [1.54, 1.807) is 25.0 Å². The average molecular weight is 871 g/mol. The Morgan fingerprint density at radius 2 is 1.89 bits per heavy atom. The first-order valence-electron chi connectivity index (χ1n) is 21.5. The molecule has 2 amide bonds. The van der Waals surface area contributed by atoms with Gasteiger partial charge in [0.1, 0.15) is 34.1 Å². The van der Waals surface area contributed by atoms with Gasteiger partial charge in [-0.25, -0.2) is 22.8 Å². The van der Waals surface area contributed by atoms with Gasteiger partial charge in [-0.05, 0) is 100 Å². The summed E-state index contributed by atoms with van der Waals surface area (Å²) < 4.78 is 55.0. The molecule has 2 aliphatic carbocycles. The Hall–Kier alpha value is -4.69. The fourth-order valence-electron chi connectivity index (χ4n) is 9.02. The van der Waals surface area contributed by atoms with E-state index in [9.17, 15) is 27.2 Å². The quantitative estimate of drug-likeness (QED) is 0.155. The minimum Gasteiger partial charge on any atom is -0.496 e. The van der Waals surface area contributed by atoms with Gasteiger partial charge in [0.05, 0.1) is 41.1 Å². The van der Waals surface area contributed by atoms with E-state index >= 15 is 0 Å². The van der Waals surface area contributed by atoms with Gasteiger partial charge >= 0.3 is 0 Å². The number of rotatable bonds is 10. The molecule has 5 atom stereocenters. The van der Waals surface area contributed by atoms with Crippen molar-refractivity contribution in [1.82, 2.24) is 19.6 Å². The zero-order valence-corrected chi connectivity index (χ0v) is 37.2. The number of ketones is 1. The SMILES string of the molecule is COc1ccc2c(O[C@@H]3C[C@H]4C(=O)C[C@]5(C(=O)NS(=O)(=O)C6(C)CC6)C[C@H]5/C=C\CCCCC[C@H](Cc5cccc(F)c5)C(=O)N4C3)cc(-c3nc(C(C)C)cs3)nc2c1C. The summed E-state index contributed by atoms with van der Waals surface area (Å²) in [5, 5.41) is 3.50. The molecule has 324 valence electrons. The van der Waals surface area contributed by atoms with Crippen molar-refractivity contribution in [2.75, 3.05) is 13.7 Å². The van der Waals surface area contributed by atoms with E-state index in [0.717, 1.165) is 47.3 Å². The summed E-state index contributed by atoms with van der Waals surface area (Å²) in [6.07, 6.45) is 8.68. The van der Waals surface area contributed by atoms with Gasteiger partial charge in [0.25, 0.3) is 0 Å². The van der Waals surface area contributed by atoms with Crippen molar-refractivity contribution < 1.29 is 36.7 Å². The molecule has 0 unspecified atom stereocenters. The van der Waals surface area contributed by atoms with E-state index in [1.807, 2.05) is 48.7 Å². The van der Waals surface area contributed by atoms with Gasteiger partial charge in [0.15, 0.2) is 5.78 Å². The van der Waals surface area contributed by atoms with Gasteiger partial charge in [0.2, 0.25) is 21.8 Å². The fourth-order valence-corrected chi connectivity index (χ4v) is 11.3. The van der Waals surface area contributed by atoms with Crippen LogP contribution in [0.2, 0.25) is 0 Å². The number of hydrogen-bond donors (Lipinski definition) is 1. The zero-order chi connectivity index (χ0) is 43.3. The number of halogens is 1. The monoisotopic (exact) mass is 870 g/mol. The van der Waals surface area contributed by atoms with Crippen LogP contribution in [0.15, 0.2) is 60.0 Å². The Labute approximate surface area is 361 Å². The molecular formula is C47H55FN4O7S2. The van der Waals surface area contributed by atoms with Crippen LogP contribution in [0.5, 0.6) is 11.5 Å². The second-order valence-corrected chi connectivity index (χ2v) is 21.2. The number of benzene rings is 2. The predicted octanol–water partition coefficient (Wildman–Crippen LogP) is 8.63. The number of carbonyl (C=O) groups excluding carboxylic acids is 3. The van der Waals surface area contributed by atoms with Crippen molar-refractivity contribution in [3.05, 3.63) is 82.6 Å². The lowest BCUT2D eigenvalue weighted by Crippen LogP contribution is -2.47. The van der Waals surface area contributed by atoms with Crippen LogP contribution in [0, 0.1) is 30.0 Å². The number of ether oxygens (including phenoxy) is 2. The predicted molar refractivity (Wildman–Crippen MR) is 233 cm³/mol. The van der Waals surface area contributed by atoms with Crippen LogP contribution in [-0.4, -0.2) is 71.4 Å². The number of Topliss-reactive ketones (excluding diaryl/α,β-unsaturated/α-hetero) is 1. The maximum atomic E-state index is 15.0. The van der Waals surface area contributed by atoms with Gasteiger partial charge in [-0.1, -0.05) is 51.0 Å². The molecule has 4 aromatic rings. The molecule has 14 heteroatoms. The van der Waals surface area contributed by atoms with Gasteiger partial charge in [-0.15, -0.1) is 11.3 Å². The minimum atomic E-state index is -3.95. The van der Waals surface area contributed by atoms with Crippen molar-refractivity contribution in [3.8, 4) is 22.2 Å². The van der Waals surface area contributed by atoms with E-state index in [0.29, 0.717) is 60.4 Å². The third kappa shape index (κ3) is 8.71. The lowest BCUT2D eigenvalue weighted by molar-refractivity contribution is -0.142. The smallest absolute Gasteiger partial charge is 0.240 e. The molecule has 61 heavy (non-hydrogen) atoms. The molecule has 3 fully saturated rings. The highest BCUT2D eigenvalue weighted by Crippen LogP contribution is 2.58. The van der Waals surface area contributed by atoms with Crippen molar-refractivity contribution in [2.45, 2.75) is 121 Å². The summed E-state index contributed by atoms with van der Waals surface area (Å²) >= 11 is 1.50. The third-order valence-corrected chi connectivity index (χ3v) is 16.4. The number of thiazole rings is 1. The number of fused-ring (bicyclic) bond motifs is 3. The molecule has 2 saturated carbocycles. The number of sulfonamides is 1. The van der Waals surface area contributed by atoms with Crippen molar-refractivity contribution >= 4 is 49.9 Å². The van der Waals surface area contributed by atoms with E-state index in [1.165, 1.54) is 23.5 Å². The lowest BCUT2D eigenvalue weighted by Gasteiger charge is -2.29. The Balaban J connectivity index is 1.15. The average Bonchev–Trinajstić information content (AvgIpc) is 3.99. The first-order chi connectivity index (χ1) is 29.1. The number of allylic oxidation sites excluding steroid dienone is 2. The second-order valence-electron chi connectivity index (χ2n) is 18.1. The van der Waals surface area contributed by atoms with E-state index < -0.39 is 44.2 Å². The normalized spacial score (nSPS) is 25.9. The number of nitrogens with one attached hydrogen (secondary N) is 1. The van der Waals surface area contributed by atoms with Gasteiger partial charge in [-0.3, -0.25) is 19.1 Å². The first-order valence-corrected chi connectivity index (χ1v) is 23.9. The molecule has 1 saturated heterocycles. The molecule has 2 aliphatic heterocycles. The maximum Gasteiger partial charge on any atom is 0.240 e. The highest BCUT2D eigenvalue weighted by atomic mass is 32.2. The molecule has 8 rings (SSSR count). The molecule has 2 aromatic carbocycles. The van der Waals surface area contributed by atoms with E-state index in [-0.39, 0.29) is 48.7 Å². The number of pyridine rings is 1. The molecule has 1 N–H and O–H groups in total. The standard InChI is InChI=1S/C47H55FN4O7S2/c1-28(2)37-27-60-43(50-37)36-23-41(35-16-17-40(58-5)29(3)42(35)49-36)59-34-22-38-39(53)25-47(45(55)51-61(56,57)46(4)18-19-46)24-32(47)14-10-8-6-7-9-13-31(44(54)52(38)26-34)20-30-12-11-15-33(48)21-30/h10-12,14-17,21,23,27-28,31-32,34,38H,6-9,13,18-20,22,24-26H2,1-5H3,(H,51,55)/b14-10-/t31-,32-,34-,38+,47-/m1/s1. The van der Waals surface area contributed by atoms with Gasteiger partial charge in [0, 0.05) is 41.2 Å². The van der Waals surface area contributed by atoms with Crippen LogP contribution in [0.25, 0.3) is 21.6 Å². The number of aryl methyl sites for hydroxylation is 1. The Morgan fingerprint density at radius 3 is 2.61 bits per heavy atom. The highest BCUT2D eigenvalue weighted by Gasteiger charge is 2.62. The summed E-state index contributed by atoms with van der Waals surface area (Å²) in [6, 6.07) is 11.0. The Morgan fingerprint density at radius 1 is 1.08 bits per heavy atom. The largest absolute Gasteiger partial charge is 0.496 e. The second kappa shape index (κ2) is 16.9. The molecule has 0 bridgehead atoms. The van der Waals surface area contributed by atoms with E-state index in [4.69, 9.17) is 19.4 Å². The molecule has 0 radical (unpaired) electrons. The molecule has 2 aromatic heterocycles. The number of amides is 2. The summed E-state index contributed by atoms with van der Waals surface area (Å²) in [4.78, 5) is 55.4. The number of methoxy groups -OCH3 is 1. The van der Waals surface area contributed by atoms with E-state index in [2.05, 4.69) is 18.6 Å². The summed E-state index contributed by atoms with van der Waals surface area (Å²) in [5.74, 6) is -1.00. The molecule has 4 aliphatic rings. The van der Waals surface area contributed by atoms with Crippen LogP contribution in [0.4, 0.5) is 4.39 Å². The zero-order valence-electron chi connectivity index (χ0n) is 35.5. The summed E-state index contributed by atoms with van der Waals surface area (Å²) in [6.45, 7) is 7.84.